The zero-order valence-corrected chi connectivity index (χ0v) is 33.1. The number of thiazole rings is 1. The van der Waals surface area contributed by atoms with Crippen LogP contribution in [-0.4, -0.2) is 97.1 Å². The second kappa shape index (κ2) is 26.5. The molecule has 1 aliphatic rings. The van der Waals surface area contributed by atoms with Gasteiger partial charge in [-0.25, -0.2) is 4.98 Å². The molecule has 1 aromatic rings. The minimum atomic E-state index is -0.542. The smallest absolute Gasteiger partial charge is 0.242 e. The fraction of sp³-hybridized carbons (Fsp3) is 0.658. The Morgan fingerprint density at radius 2 is 1.78 bits per heavy atom. The Balaban J connectivity index is 0.00000210. The first kappa shape index (κ1) is 46.6. The van der Waals surface area contributed by atoms with Crippen molar-refractivity contribution < 1.29 is 28.7 Å². The molecular weight excluding hydrogens is 655 g/mol. The van der Waals surface area contributed by atoms with Crippen molar-refractivity contribution in [3.63, 3.8) is 0 Å². The molecule has 6 atom stereocenters. The van der Waals surface area contributed by atoms with Crippen molar-refractivity contribution in [3.05, 3.63) is 53.5 Å². The van der Waals surface area contributed by atoms with Crippen LogP contribution in [0.1, 0.15) is 92.0 Å². The summed E-state index contributed by atoms with van der Waals surface area (Å²) in [7, 11) is 4.82. The van der Waals surface area contributed by atoms with E-state index in [0.29, 0.717) is 19.5 Å². The first-order chi connectivity index (χ1) is 23.8. The zero-order valence-electron chi connectivity index (χ0n) is 32.3. The van der Waals surface area contributed by atoms with Crippen LogP contribution in [0, 0.1) is 11.8 Å². The topological polar surface area (TPSA) is 130 Å². The first-order valence-corrected chi connectivity index (χ1v) is 18.6. The summed E-state index contributed by atoms with van der Waals surface area (Å²) in [6.45, 7) is 21.7. The van der Waals surface area contributed by atoms with Gasteiger partial charge in [-0.1, -0.05) is 91.3 Å². The largest absolute Gasteiger partial charge is 0.379 e. The highest BCUT2D eigenvalue weighted by atomic mass is 32.1. The maximum absolute atomic E-state index is 13.7. The summed E-state index contributed by atoms with van der Waals surface area (Å²) in [5.74, 6) is -1.10. The minimum Gasteiger partial charge on any atom is -0.379 e. The molecule has 0 aliphatic carbocycles. The third kappa shape index (κ3) is 16.1. The molecule has 1 fully saturated rings. The van der Waals surface area contributed by atoms with Crippen molar-refractivity contribution in [3.8, 4) is 0 Å². The fourth-order valence-corrected chi connectivity index (χ4v) is 6.22. The number of carbonyl (C=O) groups is 4. The van der Waals surface area contributed by atoms with E-state index in [1.807, 2.05) is 44.1 Å². The number of ether oxygens (including phenoxy) is 2. The average molecular weight is 720 g/mol. The number of likely N-dealkylation sites (N-methyl/N-ethyl adjacent to an activating group) is 1. The molecule has 0 aromatic carbocycles. The molecule has 11 nitrogen and oxygen atoms in total. The Kier molecular flexibility index (Phi) is 24.7. The van der Waals surface area contributed by atoms with E-state index in [4.69, 9.17) is 9.47 Å². The lowest BCUT2D eigenvalue weighted by atomic mass is 9.90. The Hall–Kier alpha value is -3.35. The van der Waals surface area contributed by atoms with Crippen LogP contribution in [0.3, 0.4) is 0 Å². The summed E-state index contributed by atoms with van der Waals surface area (Å²) in [6.07, 6.45) is 10.1. The van der Waals surface area contributed by atoms with Gasteiger partial charge in [-0.2, -0.15) is 0 Å². The van der Waals surface area contributed by atoms with Gasteiger partial charge >= 0.3 is 0 Å². The van der Waals surface area contributed by atoms with E-state index < -0.39 is 18.1 Å². The summed E-state index contributed by atoms with van der Waals surface area (Å²) in [4.78, 5) is 58.9. The second-order valence-corrected chi connectivity index (χ2v) is 13.5. The maximum Gasteiger partial charge on any atom is 0.242 e. The molecule has 0 radical (unpaired) electrons. The zero-order chi connectivity index (χ0) is 38.2. The molecule has 0 spiro atoms. The number of aromatic nitrogens is 1. The highest BCUT2D eigenvalue weighted by molar-refractivity contribution is 7.09. The third-order valence-electron chi connectivity index (χ3n) is 8.66. The molecule has 6 unspecified atom stereocenters. The number of likely N-dealkylation sites (tertiary alicyclic amines) is 1. The molecule has 0 saturated carbocycles. The normalized spacial score (nSPS) is 17.0. The number of methoxy groups -OCH3 is 2. The molecule has 1 aromatic heterocycles. The van der Waals surface area contributed by atoms with E-state index in [1.165, 1.54) is 17.8 Å². The molecule has 1 saturated heterocycles. The average Bonchev–Trinajstić information content (AvgIpc) is 3.83. The van der Waals surface area contributed by atoms with Gasteiger partial charge in [0, 0.05) is 45.8 Å². The van der Waals surface area contributed by atoms with Crippen LogP contribution in [-0.2, 0) is 35.2 Å². The van der Waals surface area contributed by atoms with Crippen LogP contribution in [0.25, 0.3) is 0 Å². The van der Waals surface area contributed by atoms with E-state index in [-0.39, 0.29) is 54.6 Å². The van der Waals surface area contributed by atoms with Gasteiger partial charge in [-0.15, -0.1) is 11.3 Å². The van der Waals surface area contributed by atoms with E-state index in [0.717, 1.165) is 29.8 Å². The van der Waals surface area contributed by atoms with Crippen LogP contribution in [0.5, 0.6) is 0 Å². The molecule has 2 heterocycles. The molecule has 4 amide bonds. The standard InChI is InChI=1S/C28H47N5O6S.C7H10.C3H8/c1-8-18(3)26(32(5)25(36)17-30-22(34)9-2)21(38-6)15-24(35)33-13-10-11-20(33)27(39-7)19(4)28(37)31-16-23-29-12-14-40-23;1-4-6-7(3)5-2;1-3-2/h12,14,18-21,26-27H,8-11,13,15-17H2,1-7H3,(H,30,34)(H,31,37);4-6H,1-2H2,3H3;3H2,1-2H3/b;7-6-;. The number of allylic oxidation sites excluding steroid dienone is 4. The lowest BCUT2D eigenvalue weighted by Crippen LogP contribution is -2.54. The van der Waals surface area contributed by atoms with Gasteiger partial charge < -0.3 is 29.9 Å². The van der Waals surface area contributed by atoms with Crippen molar-refractivity contribution in [2.45, 2.75) is 118 Å². The second-order valence-electron chi connectivity index (χ2n) is 12.5. The highest BCUT2D eigenvalue weighted by Gasteiger charge is 2.41. The van der Waals surface area contributed by atoms with Gasteiger partial charge in [0.15, 0.2) is 0 Å². The Labute approximate surface area is 305 Å². The Morgan fingerprint density at radius 3 is 2.26 bits per heavy atom. The Bertz CT molecular complexity index is 1190. The van der Waals surface area contributed by atoms with E-state index >= 15 is 0 Å². The van der Waals surface area contributed by atoms with E-state index in [9.17, 15) is 19.2 Å². The molecule has 2 rings (SSSR count). The Morgan fingerprint density at radius 1 is 1.12 bits per heavy atom. The summed E-state index contributed by atoms with van der Waals surface area (Å²) < 4.78 is 11.6. The van der Waals surface area contributed by atoms with Gasteiger partial charge in [0.25, 0.3) is 0 Å². The molecule has 284 valence electrons. The predicted molar refractivity (Wildman–Crippen MR) is 204 cm³/mol. The molecular formula is C38H65N5O6S. The number of nitrogens with zero attached hydrogens (tertiary/aromatic N) is 3. The quantitative estimate of drug-likeness (QED) is 0.180. The highest BCUT2D eigenvalue weighted by Crippen LogP contribution is 2.29. The molecule has 0 bridgehead atoms. The van der Waals surface area contributed by atoms with Gasteiger partial charge in [0.05, 0.1) is 49.7 Å². The monoisotopic (exact) mass is 719 g/mol. The van der Waals surface area contributed by atoms with Crippen LogP contribution in [0.4, 0.5) is 0 Å². The van der Waals surface area contributed by atoms with Gasteiger partial charge in [-0.05, 0) is 25.7 Å². The third-order valence-corrected chi connectivity index (χ3v) is 9.44. The summed E-state index contributed by atoms with van der Waals surface area (Å²) in [5.41, 5.74) is 1.15. The van der Waals surface area contributed by atoms with Gasteiger partial charge in [0.2, 0.25) is 23.6 Å². The lowest BCUT2D eigenvalue weighted by Gasteiger charge is -2.39. The molecule has 12 heteroatoms. The summed E-state index contributed by atoms with van der Waals surface area (Å²) in [5, 5.41) is 8.25. The number of hydrogen-bond donors (Lipinski definition) is 2. The van der Waals surface area contributed by atoms with Crippen LogP contribution in [0.2, 0.25) is 0 Å². The number of carbonyl (C=O) groups excluding carboxylic acids is 4. The van der Waals surface area contributed by atoms with E-state index in [1.54, 1.807) is 51.4 Å². The SMILES string of the molecule is C=C/C=C(/C)C=C.CCC.CCC(=O)NCC(=O)N(C)C(C(C)CC)C(CC(=O)N1CCCC1C(OC)C(C)C(=O)NCc1nccs1)OC. The molecule has 2 N–H and O–H groups in total. The predicted octanol–water partition coefficient (Wildman–Crippen LogP) is 5.93. The molecule has 50 heavy (non-hydrogen) atoms. The molecule has 1 aliphatic heterocycles. The van der Waals surface area contributed by atoms with Crippen molar-refractivity contribution in [2.24, 2.45) is 11.8 Å². The first-order valence-electron chi connectivity index (χ1n) is 17.8. The maximum atomic E-state index is 13.7. The van der Waals surface area contributed by atoms with Crippen molar-refractivity contribution >= 4 is 35.0 Å². The van der Waals surface area contributed by atoms with E-state index in [2.05, 4.69) is 42.6 Å². The van der Waals surface area contributed by atoms with Gasteiger partial charge in [-0.3, -0.25) is 19.2 Å². The number of nitrogens with one attached hydrogen (secondary N) is 2. The van der Waals surface area contributed by atoms with Gasteiger partial charge in [0.1, 0.15) is 5.01 Å². The van der Waals surface area contributed by atoms with Crippen LogP contribution in [0.15, 0.2) is 48.5 Å². The van der Waals surface area contributed by atoms with Crippen molar-refractivity contribution in [1.82, 2.24) is 25.4 Å². The van der Waals surface area contributed by atoms with Crippen molar-refractivity contribution in [1.29, 1.82) is 0 Å². The van der Waals surface area contributed by atoms with Crippen LogP contribution < -0.4 is 10.6 Å². The fourth-order valence-electron chi connectivity index (χ4n) is 5.67. The number of hydrogen-bond acceptors (Lipinski definition) is 8. The summed E-state index contributed by atoms with van der Waals surface area (Å²) in [6, 6.07) is -0.610. The van der Waals surface area contributed by atoms with Crippen molar-refractivity contribution in [2.75, 3.05) is 34.4 Å². The number of amides is 4. The minimum absolute atomic E-state index is 0.0521. The summed E-state index contributed by atoms with van der Waals surface area (Å²) >= 11 is 1.48. The lowest BCUT2D eigenvalue weighted by molar-refractivity contribution is -0.145. The van der Waals surface area contributed by atoms with Crippen LogP contribution >= 0.6 is 11.3 Å². The number of rotatable bonds is 18.